The molecule has 0 aromatic heterocycles. The van der Waals surface area contributed by atoms with Crippen molar-refractivity contribution in [3.05, 3.63) is 11.6 Å². The first-order chi connectivity index (χ1) is 5.61. The summed E-state index contributed by atoms with van der Waals surface area (Å²) in [4.78, 5) is 0. The number of rotatable bonds is 1. The molecule has 0 spiro atoms. The Morgan fingerprint density at radius 1 is 1.50 bits per heavy atom. The molecule has 0 bridgehead atoms. The van der Waals surface area contributed by atoms with E-state index in [1.807, 2.05) is 19.9 Å². The van der Waals surface area contributed by atoms with Crippen LogP contribution in [0.5, 0.6) is 0 Å². The molecule has 1 fully saturated rings. The van der Waals surface area contributed by atoms with E-state index < -0.39 is 11.7 Å². The van der Waals surface area contributed by atoms with E-state index in [2.05, 4.69) is 0 Å². The van der Waals surface area contributed by atoms with Crippen LogP contribution >= 0.6 is 0 Å². The molecule has 1 aliphatic carbocycles. The maximum absolute atomic E-state index is 10.1. The number of aliphatic hydroxyl groups excluding tert-OH is 1. The molecule has 1 saturated carbocycles. The van der Waals surface area contributed by atoms with Crippen LogP contribution < -0.4 is 0 Å². The van der Waals surface area contributed by atoms with Gasteiger partial charge in [-0.25, -0.2) is 0 Å². The number of hydrogen-bond acceptors (Lipinski definition) is 2. The van der Waals surface area contributed by atoms with E-state index in [0.717, 1.165) is 24.8 Å². The lowest BCUT2D eigenvalue weighted by Crippen LogP contribution is -2.45. The summed E-state index contributed by atoms with van der Waals surface area (Å²) in [6, 6.07) is 0. The molecule has 2 atom stereocenters. The normalized spacial score (nSPS) is 38.3. The van der Waals surface area contributed by atoms with Gasteiger partial charge in [0.1, 0.15) is 5.60 Å². The Morgan fingerprint density at radius 3 is 2.67 bits per heavy atom. The Balaban J connectivity index is 2.79. The van der Waals surface area contributed by atoms with Crippen LogP contribution in [0.3, 0.4) is 0 Å². The van der Waals surface area contributed by atoms with Gasteiger partial charge < -0.3 is 10.2 Å². The molecule has 70 valence electrons. The van der Waals surface area contributed by atoms with Crippen LogP contribution in [-0.4, -0.2) is 21.9 Å². The predicted octanol–water partition coefficient (Wildman–Crippen LogP) is 1.62. The van der Waals surface area contributed by atoms with Gasteiger partial charge in [0, 0.05) is 0 Å². The van der Waals surface area contributed by atoms with Crippen LogP contribution in [0, 0.1) is 0 Å². The van der Waals surface area contributed by atoms with Crippen LogP contribution in [0.2, 0.25) is 0 Å². The molecule has 0 saturated heterocycles. The van der Waals surface area contributed by atoms with E-state index in [-0.39, 0.29) is 0 Å². The molecule has 2 nitrogen and oxygen atoms in total. The SMILES string of the molecule is C/C=C(/C)[C@@]1(O)CCCC[C@@H]1O. The van der Waals surface area contributed by atoms with Gasteiger partial charge in [0.15, 0.2) is 0 Å². The summed E-state index contributed by atoms with van der Waals surface area (Å²) in [6.07, 6.45) is 4.78. The van der Waals surface area contributed by atoms with Gasteiger partial charge in [0.2, 0.25) is 0 Å². The Labute approximate surface area is 73.9 Å². The zero-order valence-corrected chi connectivity index (χ0v) is 7.88. The fourth-order valence-corrected chi connectivity index (χ4v) is 1.85. The fourth-order valence-electron chi connectivity index (χ4n) is 1.85. The highest BCUT2D eigenvalue weighted by Gasteiger charge is 2.38. The van der Waals surface area contributed by atoms with E-state index in [1.54, 1.807) is 0 Å². The summed E-state index contributed by atoms with van der Waals surface area (Å²) in [5, 5.41) is 19.7. The van der Waals surface area contributed by atoms with Crippen molar-refractivity contribution < 1.29 is 10.2 Å². The van der Waals surface area contributed by atoms with Gasteiger partial charge in [-0.1, -0.05) is 18.9 Å². The number of allylic oxidation sites excluding steroid dienone is 1. The molecule has 0 heterocycles. The van der Waals surface area contributed by atoms with Crippen molar-refractivity contribution in [3.63, 3.8) is 0 Å². The summed E-state index contributed by atoms with van der Waals surface area (Å²) in [5.74, 6) is 0. The third kappa shape index (κ3) is 1.54. The average molecular weight is 170 g/mol. The highest BCUT2D eigenvalue weighted by Crippen LogP contribution is 2.34. The number of aliphatic hydroxyl groups is 2. The van der Waals surface area contributed by atoms with Crippen LogP contribution in [0.15, 0.2) is 11.6 Å². The average Bonchev–Trinajstić information content (AvgIpc) is 2.09. The minimum Gasteiger partial charge on any atom is -0.390 e. The van der Waals surface area contributed by atoms with Gasteiger partial charge in [-0.05, 0) is 32.3 Å². The van der Waals surface area contributed by atoms with E-state index in [1.165, 1.54) is 0 Å². The Bertz CT molecular complexity index is 186. The largest absolute Gasteiger partial charge is 0.390 e. The maximum atomic E-state index is 10.1. The predicted molar refractivity (Wildman–Crippen MR) is 48.9 cm³/mol. The molecule has 0 aromatic rings. The van der Waals surface area contributed by atoms with Gasteiger partial charge in [0.25, 0.3) is 0 Å². The topological polar surface area (TPSA) is 40.5 Å². The Kier molecular flexibility index (Phi) is 2.91. The molecule has 2 heteroatoms. The lowest BCUT2D eigenvalue weighted by atomic mass is 9.77. The van der Waals surface area contributed by atoms with Crippen LogP contribution in [0.4, 0.5) is 0 Å². The van der Waals surface area contributed by atoms with Crippen molar-refractivity contribution in [2.24, 2.45) is 0 Å². The van der Waals surface area contributed by atoms with E-state index in [9.17, 15) is 10.2 Å². The second-order valence-electron chi connectivity index (χ2n) is 3.66. The molecule has 12 heavy (non-hydrogen) atoms. The number of hydrogen-bond donors (Lipinski definition) is 2. The summed E-state index contributed by atoms with van der Waals surface area (Å²) < 4.78 is 0. The van der Waals surface area contributed by atoms with Gasteiger partial charge in [-0.3, -0.25) is 0 Å². The minimum absolute atomic E-state index is 0.567. The molecule has 0 unspecified atom stereocenters. The molecule has 1 rings (SSSR count). The highest BCUT2D eigenvalue weighted by molar-refractivity contribution is 5.17. The first-order valence-electron chi connectivity index (χ1n) is 4.65. The molecular formula is C10H18O2. The monoisotopic (exact) mass is 170 g/mol. The quantitative estimate of drug-likeness (QED) is 0.587. The zero-order chi connectivity index (χ0) is 9.19. The van der Waals surface area contributed by atoms with Crippen molar-refractivity contribution in [2.75, 3.05) is 0 Å². The summed E-state index contributed by atoms with van der Waals surface area (Å²) in [7, 11) is 0. The van der Waals surface area contributed by atoms with Gasteiger partial charge >= 0.3 is 0 Å². The van der Waals surface area contributed by atoms with Crippen LogP contribution in [0.1, 0.15) is 39.5 Å². The van der Waals surface area contributed by atoms with Crippen LogP contribution in [-0.2, 0) is 0 Å². The standard InChI is InChI=1S/C10H18O2/c1-3-8(2)10(12)7-5-4-6-9(10)11/h3,9,11-12H,4-7H2,1-2H3/b8-3-/t9-,10-/m0/s1. The van der Waals surface area contributed by atoms with Gasteiger partial charge in [-0.2, -0.15) is 0 Å². The Hall–Kier alpha value is -0.340. The first-order valence-corrected chi connectivity index (χ1v) is 4.65. The van der Waals surface area contributed by atoms with Crippen molar-refractivity contribution in [2.45, 2.75) is 51.2 Å². The Morgan fingerprint density at radius 2 is 2.17 bits per heavy atom. The molecule has 0 aliphatic heterocycles. The van der Waals surface area contributed by atoms with E-state index >= 15 is 0 Å². The van der Waals surface area contributed by atoms with E-state index in [0.29, 0.717) is 6.42 Å². The third-order valence-electron chi connectivity index (χ3n) is 2.95. The molecule has 0 amide bonds. The van der Waals surface area contributed by atoms with Crippen LogP contribution in [0.25, 0.3) is 0 Å². The maximum Gasteiger partial charge on any atom is 0.111 e. The van der Waals surface area contributed by atoms with Crippen molar-refractivity contribution in [1.82, 2.24) is 0 Å². The summed E-state index contributed by atoms with van der Waals surface area (Å²) >= 11 is 0. The molecule has 0 aromatic carbocycles. The van der Waals surface area contributed by atoms with Crippen molar-refractivity contribution in [3.8, 4) is 0 Å². The highest BCUT2D eigenvalue weighted by atomic mass is 16.3. The third-order valence-corrected chi connectivity index (χ3v) is 2.95. The first kappa shape index (κ1) is 9.75. The van der Waals surface area contributed by atoms with E-state index in [4.69, 9.17) is 0 Å². The molecule has 1 aliphatic rings. The second-order valence-corrected chi connectivity index (χ2v) is 3.66. The summed E-state index contributed by atoms with van der Waals surface area (Å²) in [6.45, 7) is 3.78. The molecule has 2 N–H and O–H groups in total. The van der Waals surface area contributed by atoms with Crippen molar-refractivity contribution >= 4 is 0 Å². The smallest absolute Gasteiger partial charge is 0.111 e. The lowest BCUT2D eigenvalue weighted by molar-refractivity contribution is -0.0734. The minimum atomic E-state index is -0.937. The van der Waals surface area contributed by atoms with Gasteiger partial charge in [0.05, 0.1) is 6.10 Å². The lowest BCUT2D eigenvalue weighted by Gasteiger charge is -2.37. The molecular weight excluding hydrogens is 152 g/mol. The zero-order valence-electron chi connectivity index (χ0n) is 7.88. The second kappa shape index (κ2) is 3.58. The fraction of sp³-hybridized carbons (Fsp3) is 0.800. The van der Waals surface area contributed by atoms with Gasteiger partial charge in [-0.15, -0.1) is 0 Å². The molecule has 0 radical (unpaired) electrons. The summed E-state index contributed by atoms with van der Waals surface area (Å²) in [5.41, 5.74) is -0.0396. The van der Waals surface area contributed by atoms with Crippen molar-refractivity contribution in [1.29, 1.82) is 0 Å².